The molecule has 8 nitrogen and oxygen atoms in total. The minimum absolute atomic E-state index is 0.234. The number of benzene rings is 2. The summed E-state index contributed by atoms with van der Waals surface area (Å²) in [6, 6.07) is 13.1. The molecule has 9 heteroatoms. The first-order valence-electron chi connectivity index (χ1n) is 11.2. The largest absolute Gasteiger partial charge is 0.493 e. The monoisotopic (exact) mass is 495 g/mol. The van der Waals surface area contributed by atoms with Crippen molar-refractivity contribution in [3.63, 3.8) is 0 Å². The first kappa shape index (κ1) is 23.0. The van der Waals surface area contributed by atoms with Crippen LogP contribution >= 0.6 is 11.3 Å². The molecule has 0 atom stereocenters. The van der Waals surface area contributed by atoms with E-state index in [1.807, 2.05) is 36.4 Å². The average Bonchev–Trinajstić information content (AvgIpc) is 3.40. The lowest BCUT2D eigenvalue weighted by Crippen LogP contribution is -2.38. The molecule has 0 radical (unpaired) electrons. The minimum Gasteiger partial charge on any atom is -0.493 e. The predicted octanol–water partition coefficient (Wildman–Crippen LogP) is 3.95. The van der Waals surface area contributed by atoms with E-state index in [4.69, 9.17) is 23.7 Å². The maximum Gasteiger partial charge on any atom is 0.348 e. The topological polar surface area (TPSA) is 83.5 Å². The highest BCUT2D eigenvalue weighted by Crippen LogP contribution is 2.37. The minimum atomic E-state index is -0.518. The van der Waals surface area contributed by atoms with Crippen LogP contribution in [0.2, 0.25) is 0 Å². The summed E-state index contributed by atoms with van der Waals surface area (Å²) in [6.45, 7) is 1.72. The van der Waals surface area contributed by atoms with Gasteiger partial charge in [-0.2, -0.15) is 0 Å². The van der Waals surface area contributed by atoms with Crippen LogP contribution in [0.1, 0.15) is 20.8 Å². The molecule has 0 bridgehead atoms. The van der Waals surface area contributed by atoms with Gasteiger partial charge in [-0.3, -0.25) is 4.79 Å². The first-order chi connectivity index (χ1) is 17.1. The fraction of sp³-hybridized carbons (Fsp3) is 0.308. The Morgan fingerprint density at radius 1 is 0.943 bits per heavy atom. The molecule has 3 aromatic rings. The number of hydrogen-bond donors (Lipinski definition) is 0. The zero-order chi connectivity index (χ0) is 24.4. The van der Waals surface area contributed by atoms with Gasteiger partial charge in [-0.25, -0.2) is 4.79 Å². The third-order valence-corrected chi connectivity index (χ3v) is 7.15. The molecule has 3 heterocycles. The van der Waals surface area contributed by atoms with Crippen molar-refractivity contribution in [2.24, 2.45) is 0 Å². The Balaban J connectivity index is 1.20. The smallest absolute Gasteiger partial charge is 0.348 e. The van der Waals surface area contributed by atoms with Crippen LogP contribution in [-0.2, 0) is 22.5 Å². The van der Waals surface area contributed by atoms with Crippen LogP contribution in [0, 0.1) is 0 Å². The van der Waals surface area contributed by atoms with E-state index >= 15 is 0 Å². The van der Waals surface area contributed by atoms with Crippen LogP contribution in [0.3, 0.4) is 0 Å². The highest BCUT2D eigenvalue weighted by atomic mass is 32.1. The zero-order valence-electron chi connectivity index (χ0n) is 19.5. The van der Waals surface area contributed by atoms with Crippen molar-refractivity contribution in [3.05, 3.63) is 58.5 Å². The summed E-state index contributed by atoms with van der Waals surface area (Å²) in [5.74, 6) is 1.95. The second kappa shape index (κ2) is 9.87. The van der Waals surface area contributed by atoms with E-state index < -0.39 is 5.97 Å². The molecular formula is C26H25NO7S. The van der Waals surface area contributed by atoms with E-state index in [1.54, 1.807) is 25.2 Å². The van der Waals surface area contributed by atoms with E-state index in [0.717, 1.165) is 21.6 Å². The molecule has 0 aliphatic carbocycles. The number of hydrogen-bond acceptors (Lipinski definition) is 8. The van der Waals surface area contributed by atoms with Gasteiger partial charge in [0, 0.05) is 18.0 Å². The summed E-state index contributed by atoms with van der Waals surface area (Å²) in [4.78, 5) is 28.4. The second-order valence-electron chi connectivity index (χ2n) is 8.14. The number of carbonyl (C=O) groups excluding carboxylic acids is 2. The molecule has 0 saturated heterocycles. The van der Waals surface area contributed by atoms with Gasteiger partial charge in [-0.05, 0) is 65.6 Å². The van der Waals surface area contributed by atoms with Gasteiger partial charge in [-0.15, -0.1) is 11.3 Å². The number of methoxy groups -OCH3 is 2. The third kappa shape index (κ3) is 4.77. The van der Waals surface area contributed by atoms with Crippen molar-refractivity contribution in [2.75, 3.05) is 40.6 Å². The molecule has 1 aromatic heterocycles. The van der Waals surface area contributed by atoms with E-state index in [1.165, 1.54) is 11.3 Å². The molecule has 182 valence electrons. The first-order valence-corrected chi connectivity index (χ1v) is 12.1. The number of ether oxygens (including phenoxy) is 5. The molecule has 0 unspecified atom stereocenters. The standard InChI is InChI=1S/C26H25NO7S/c1-30-20-11-16-7-8-27(14-18(16)13-21(20)31-2)25(28)15-34-26(29)24-6-5-23(35-24)17-3-4-19-22(12-17)33-10-9-32-19/h3-6,11-13H,7-10,14-15H2,1-2H3. The van der Waals surface area contributed by atoms with E-state index in [-0.39, 0.29) is 12.5 Å². The lowest BCUT2D eigenvalue weighted by Gasteiger charge is -2.29. The van der Waals surface area contributed by atoms with Crippen LogP contribution in [0.4, 0.5) is 0 Å². The van der Waals surface area contributed by atoms with Crippen molar-refractivity contribution in [3.8, 4) is 33.4 Å². The van der Waals surface area contributed by atoms with Crippen molar-refractivity contribution in [1.29, 1.82) is 0 Å². The SMILES string of the molecule is COc1cc2c(cc1OC)CN(C(=O)COC(=O)c1ccc(-c3ccc4c(c3)OCCO4)s1)CC2. The number of carbonyl (C=O) groups is 2. The number of esters is 1. The Labute approximate surface area is 206 Å². The van der Waals surface area contributed by atoms with Gasteiger partial charge in [0.2, 0.25) is 0 Å². The summed E-state index contributed by atoms with van der Waals surface area (Å²) in [5.41, 5.74) is 3.04. The molecule has 2 aromatic carbocycles. The normalized spacial score (nSPS) is 14.2. The molecule has 2 aliphatic rings. The fourth-order valence-electron chi connectivity index (χ4n) is 4.19. The summed E-state index contributed by atoms with van der Waals surface area (Å²) in [5, 5.41) is 0. The van der Waals surface area contributed by atoms with Crippen molar-refractivity contribution >= 4 is 23.2 Å². The van der Waals surface area contributed by atoms with Crippen molar-refractivity contribution in [2.45, 2.75) is 13.0 Å². The Morgan fingerprint density at radius 3 is 2.46 bits per heavy atom. The lowest BCUT2D eigenvalue weighted by atomic mass is 9.99. The molecule has 0 saturated carbocycles. The van der Waals surface area contributed by atoms with E-state index in [0.29, 0.717) is 60.6 Å². The Hall–Kier alpha value is -3.72. The van der Waals surface area contributed by atoms with Gasteiger partial charge in [-0.1, -0.05) is 0 Å². The summed E-state index contributed by atoms with van der Waals surface area (Å²) < 4.78 is 27.3. The Morgan fingerprint density at radius 2 is 1.69 bits per heavy atom. The van der Waals surface area contributed by atoms with Crippen LogP contribution in [-0.4, -0.2) is 57.4 Å². The summed E-state index contributed by atoms with van der Waals surface area (Å²) >= 11 is 1.31. The average molecular weight is 496 g/mol. The van der Waals surface area contributed by atoms with Gasteiger partial charge >= 0.3 is 5.97 Å². The fourth-order valence-corrected chi connectivity index (χ4v) is 5.08. The number of fused-ring (bicyclic) bond motifs is 2. The third-order valence-electron chi connectivity index (χ3n) is 6.03. The quantitative estimate of drug-likeness (QED) is 0.479. The highest BCUT2D eigenvalue weighted by molar-refractivity contribution is 7.17. The number of nitrogens with zero attached hydrogens (tertiary/aromatic N) is 1. The van der Waals surface area contributed by atoms with E-state index in [2.05, 4.69) is 0 Å². The molecule has 1 amide bonds. The molecule has 0 spiro atoms. The molecular weight excluding hydrogens is 470 g/mol. The van der Waals surface area contributed by atoms with Crippen LogP contribution in [0.5, 0.6) is 23.0 Å². The van der Waals surface area contributed by atoms with Gasteiger partial charge in [0.1, 0.15) is 18.1 Å². The summed E-state index contributed by atoms with van der Waals surface area (Å²) in [7, 11) is 3.18. The molecule has 0 N–H and O–H groups in total. The maximum atomic E-state index is 12.8. The molecule has 5 rings (SSSR count). The second-order valence-corrected chi connectivity index (χ2v) is 9.22. The Bertz CT molecular complexity index is 1270. The van der Waals surface area contributed by atoms with E-state index in [9.17, 15) is 9.59 Å². The van der Waals surface area contributed by atoms with Crippen LogP contribution in [0.15, 0.2) is 42.5 Å². The van der Waals surface area contributed by atoms with Crippen LogP contribution < -0.4 is 18.9 Å². The van der Waals surface area contributed by atoms with Gasteiger partial charge in [0.15, 0.2) is 29.6 Å². The summed E-state index contributed by atoms with van der Waals surface area (Å²) in [6.07, 6.45) is 0.694. The van der Waals surface area contributed by atoms with Gasteiger partial charge < -0.3 is 28.6 Å². The highest BCUT2D eigenvalue weighted by Gasteiger charge is 2.24. The predicted molar refractivity (Wildman–Crippen MR) is 130 cm³/mol. The molecule has 35 heavy (non-hydrogen) atoms. The maximum absolute atomic E-state index is 12.8. The molecule has 2 aliphatic heterocycles. The van der Waals surface area contributed by atoms with Gasteiger partial charge in [0.05, 0.1) is 14.2 Å². The van der Waals surface area contributed by atoms with Crippen LogP contribution in [0.25, 0.3) is 10.4 Å². The Kier molecular flexibility index (Phi) is 6.50. The van der Waals surface area contributed by atoms with Gasteiger partial charge in [0.25, 0.3) is 5.91 Å². The van der Waals surface area contributed by atoms with Crippen molar-refractivity contribution in [1.82, 2.24) is 4.90 Å². The number of rotatable bonds is 6. The molecule has 0 fully saturated rings. The number of thiophene rings is 1. The number of amides is 1. The lowest BCUT2D eigenvalue weighted by molar-refractivity contribution is -0.135. The van der Waals surface area contributed by atoms with Crippen molar-refractivity contribution < 1.29 is 33.3 Å². The zero-order valence-corrected chi connectivity index (χ0v) is 20.3.